The first kappa shape index (κ1) is 21.2. The molecule has 0 aliphatic rings. The van der Waals surface area contributed by atoms with Gasteiger partial charge in [-0.15, -0.1) is 0 Å². The molecule has 0 unspecified atom stereocenters. The van der Waals surface area contributed by atoms with E-state index in [1.54, 1.807) is 48.5 Å². The number of amides is 1. The van der Waals surface area contributed by atoms with Crippen molar-refractivity contribution >= 4 is 23.8 Å². The molecule has 9 heteroatoms. The van der Waals surface area contributed by atoms with E-state index in [0.717, 1.165) is 0 Å². The number of methoxy groups -OCH3 is 1. The van der Waals surface area contributed by atoms with Crippen molar-refractivity contribution in [3.8, 4) is 11.5 Å². The van der Waals surface area contributed by atoms with Gasteiger partial charge in [-0.3, -0.25) is 14.9 Å². The maximum absolute atomic E-state index is 12.2. The van der Waals surface area contributed by atoms with Gasteiger partial charge >= 0.3 is 5.97 Å². The minimum absolute atomic E-state index is 0.120. The lowest BCUT2D eigenvalue weighted by molar-refractivity contribution is -0.384. The predicted molar refractivity (Wildman–Crippen MR) is 113 cm³/mol. The lowest BCUT2D eigenvalue weighted by Gasteiger charge is -2.06. The number of carbonyl (C=O) groups is 2. The Morgan fingerprint density at radius 1 is 1.03 bits per heavy atom. The summed E-state index contributed by atoms with van der Waals surface area (Å²) in [4.78, 5) is 34.6. The third-order valence-corrected chi connectivity index (χ3v) is 4.11. The Hall–Kier alpha value is -4.53. The molecule has 9 nitrogen and oxygen atoms in total. The van der Waals surface area contributed by atoms with Gasteiger partial charge in [-0.2, -0.15) is 5.10 Å². The van der Waals surface area contributed by atoms with Crippen molar-refractivity contribution in [2.45, 2.75) is 0 Å². The van der Waals surface area contributed by atoms with E-state index >= 15 is 0 Å². The van der Waals surface area contributed by atoms with E-state index in [-0.39, 0.29) is 17.0 Å². The molecule has 0 spiro atoms. The zero-order chi connectivity index (χ0) is 22.2. The molecule has 1 N–H and O–H groups in total. The summed E-state index contributed by atoms with van der Waals surface area (Å²) in [6.45, 7) is 0. The molecule has 0 radical (unpaired) electrons. The highest BCUT2D eigenvalue weighted by Crippen LogP contribution is 2.18. The van der Waals surface area contributed by atoms with Crippen molar-refractivity contribution in [3.63, 3.8) is 0 Å². The van der Waals surface area contributed by atoms with Gasteiger partial charge < -0.3 is 9.47 Å². The van der Waals surface area contributed by atoms with Crippen LogP contribution in [0.3, 0.4) is 0 Å². The highest BCUT2D eigenvalue weighted by molar-refractivity contribution is 5.97. The summed E-state index contributed by atoms with van der Waals surface area (Å²) >= 11 is 0. The molecule has 3 rings (SSSR count). The van der Waals surface area contributed by atoms with Crippen LogP contribution in [0.15, 0.2) is 77.9 Å². The molecule has 3 aromatic carbocycles. The van der Waals surface area contributed by atoms with Gasteiger partial charge in [0.2, 0.25) is 0 Å². The van der Waals surface area contributed by atoms with Crippen molar-refractivity contribution in [3.05, 3.63) is 99.6 Å². The number of nitro benzene ring substituents is 1. The largest absolute Gasteiger partial charge is 0.496 e. The Labute approximate surface area is 177 Å². The molecule has 1 amide bonds. The van der Waals surface area contributed by atoms with Crippen LogP contribution in [-0.4, -0.2) is 30.1 Å². The normalized spacial score (nSPS) is 10.5. The molecule has 0 aliphatic carbocycles. The maximum atomic E-state index is 12.2. The number of ether oxygens (including phenoxy) is 2. The van der Waals surface area contributed by atoms with Crippen LogP contribution in [0, 0.1) is 10.1 Å². The van der Waals surface area contributed by atoms with E-state index in [2.05, 4.69) is 10.5 Å². The molecule has 0 saturated heterocycles. The molecular weight excluding hydrogens is 402 g/mol. The fraction of sp³-hybridized carbons (Fsp3) is 0.0455. The number of benzene rings is 3. The molecule has 31 heavy (non-hydrogen) atoms. The average Bonchev–Trinajstić information content (AvgIpc) is 2.79. The number of nitrogens with zero attached hydrogens (tertiary/aromatic N) is 2. The molecule has 0 bridgehead atoms. The second kappa shape index (κ2) is 9.79. The van der Waals surface area contributed by atoms with Gasteiger partial charge in [-0.05, 0) is 42.0 Å². The van der Waals surface area contributed by atoms with Crippen LogP contribution in [0.5, 0.6) is 11.5 Å². The molecule has 156 valence electrons. The van der Waals surface area contributed by atoms with Gasteiger partial charge in [0.25, 0.3) is 11.6 Å². The van der Waals surface area contributed by atoms with Crippen LogP contribution >= 0.6 is 0 Å². The summed E-state index contributed by atoms with van der Waals surface area (Å²) in [5.74, 6) is -0.415. The lowest BCUT2D eigenvalue weighted by atomic mass is 10.2. The Kier molecular flexibility index (Phi) is 6.69. The number of non-ortho nitro benzene ring substituents is 1. The van der Waals surface area contributed by atoms with Crippen LogP contribution in [0.1, 0.15) is 26.3 Å². The van der Waals surface area contributed by atoms with Gasteiger partial charge in [0.15, 0.2) is 0 Å². The number of hydrogen-bond acceptors (Lipinski definition) is 7. The average molecular weight is 419 g/mol. The van der Waals surface area contributed by atoms with Crippen molar-refractivity contribution in [1.29, 1.82) is 0 Å². The van der Waals surface area contributed by atoms with E-state index in [1.807, 2.05) is 0 Å². The number of nitrogens with one attached hydrogen (secondary N) is 1. The van der Waals surface area contributed by atoms with Crippen LogP contribution in [0.4, 0.5) is 5.69 Å². The van der Waals surface area contributed by atoms with Crippen LogP contribution in [0.2, 0.25) is 0 Å². The van der Waals surface area contributed by atoms with Crippen LogP contribution < -0.4 is 14.9 Å². The summed E-state index contributed by atoms with van der Waals surface area (Å²) in [7, 11) is 1.47. The van der Waals surface area contributed by atoms with Crippen molar-refractivity contribution in [2.24, 2.45) is 5.10 Å². The third kappa shape index (κ3) is 5.51. The first-order chi connectivity index (χ1) is 15.0. The maximum Gasteiger partial charge on any atom is 0.343 e. The topological polar surface area (TPSA) is 120 Å². The number of para-hydroxylation sites is 1. The second-order valence-electron chi connectivity index (χ2n) is 6.17. The van der Waals surface area contributed by atoms with Crippen molar-refractivity contribution < 1.29 is 24.0 Å². The monoisotopic (exact) mass is 419 g/mol. The molecule has 0 saturated carbocycles. The molecule has 3 aromatic rings. The van der Waals surface area contributed by atoms with Crippen molar-refractivity contribution in [1.82, 2.24) is 5.43 Å². The second-order valence-corrected chi connectivity index (χ2v) is 6.17. The first-order valence-corrected chi connectivity index (χ1v) is 9.01. The molecule has 0 fully saturated rings. The number of nitro groups is 1. The van der Waals surface area contributed by atoms with E-state index < -0.39 is 16.8 Å². The number of hydrazone groups is 1. The number of rotatable bonds is 7. The summed E-state index contributed by atoms with van der Waals surface area (Å²) in [5, 5.41) is 14.6. The number of hydrogen-bond donors (Lipinski definition) is 1. The standard InChI is InChI=1S/C22H17N3O6/c1-30-20-8-3-2-7-19(20)21(26)24-23-14-15-5-4-6-18(13-15)31-22(27)16-9-11-17(12-10-16)25(28)29/h2-14H,1H3,(H,24,26)/b23-14+. The number of esters is 1. The van der Waals surface area contributed by atoms with Crippen LogP contribution in [-0.2, 0) is 0 Å². The molecule has 0 heterocycles. The number of carbonyl (C=O) groups excluding carboxylic acids is 2. The van der Waals surface area contributed by atoms with E-state index in [4.69, 9.17) is 9.47 Å². The fourth-order valence-corrected chi connectivity index (χ4v) is 2.60. The predicted octanol–water partition coefficient (Wildman–Crippen LogP) is 3.59. The smallest absolute Gasteiger partial charge is 0.343 e. The van der Waals surface area contributed by atoms with Gasteiger partial charge in [0.05, 0.1) is 29.4 Å². The Morgan fingerprint density at radius 2 is 1.77 bits per heavy atom. The van der Waals surface area contributed by atoms with Gasteiger partial charge in [-0.25, -0.2) is 10.2 Å². The molecule has 0 aliphatic heterocycles. The van der Waals surface area contributed by atoms with E-state index in [0.29, 0.717) is 16.9 Å². The van der Waals surface area contributed by atoms with Crippen molar-refractivity contribution in [2.75, 3.05) is 7.11 Å². The molecular formula is C22H17N3O6. The minimum Gasteiger partial charge on any atom is -0.496 e. The molecule has 0 atom stereocenters. The van der Waals surface area contributed by atoms with Gasteiger partial charge in [-0.1, -0.05) is 24.3 Å². The Balaban J connectivity index is 1.64. The molecule has 0 aromatic heterocycles. The zero-order valence-corrected chi connectivity index (χ0v) is 16.3. The zero-order valence-electron chi connectivity index (χ0n) is 16.3. The highest BCUT2D eigenvalue weighted by atomic mass is 16.6. The first-order valence-electron chi connectivity index (χ1n) is 9.01. The van der Waals surface area contributed by atoms with Gasteiger partial charge in [0.1, 0.15) is 11.5 Å². The summed E-state index contributed by atoms with van der Waals surface area (Å²) in [5.41, 5.74) is 3.38. The summed E-state index contributed by atoms with van der Waals surface area (Å²) in [6, 6.07) is 18.3. The highest BCUT2D eigenvalue weighted by Gasteiger charge is 2.12. The SMILES string of the molecule is COc1ccccc1C(=O)N/N=C/c1cccc(OC(=O)c2ccc([N+](=O)[O-])cc2)c1. The Morgan fingerprint density at radius 3 is 2.48 bits per heavy atom. The van der Waals surface area contributed by atoms with E-state index in [1.165, 1.54) is 37.6 Å². The van der Waals surface area contributed by atoms with E-state index in [9.17, 15) is 19.7 Å². The van der Waals surface area contributed by atoms with Gasteiger partial charge in [0, 0.05) is 12.1 Å². The van der Waals surface area contributed by atoms with Crippen LogP contribution in [0.25, 0.3) is 0 Å². The minimum atomic E-state index is -0.659. The summed E-state index contributed by atoms with van der Waals surface area (Å²) in [6.07, 6.45) is 1.40. The quantitative estimate of drug-likeness (QED) is 0.205. The Bertz CT molecular complexity index is 1140. The lowest BCUT2D eigenvalue weighted by Crippen LogP contribution is -2.18. The fourth-order valence-electron chi connectivity index (χ4n) is 2.60. The third-order valence-electron chi connectivity index (χ3n) is 4.11. The summed E-state index contributed by atoms with van der Waals surface area (Å²) < 4.78 is 10.4.